The first-order valence-electron chi connectivity index (χ1n) is 7.96. The van der Waals surface area contributed by atoms with E-state index in [1.807, 2.05) is 6.92 Å². The highest BCUT2D eigenvalue weighted by molar-refractivity contribution is 6.32. The topological polar surface area (TPSA) is 82.5 Å². The number of carbonyl (C=O) groups excluding carboxylic acids is 2. The summed E-state index contributed by atoms with van der Waals surface area (Å²) in [6, 6.07) is 6.86. The molecule has 0 aliphatic heterocycles. The number of para-hydroxylation sites is 1. The van der Waals surface area contributed by atoms with Crippen LogP contribution in [-0.4, -0.2) is 34.9 Å². The lowest BCUT2D eigenvalue weighted by Crippen LogP contribution is -2.23. The van der Waals surface area contributed by atoms with Gasteiger partial charge in [0.15, 0.2) is 6.61 Å². The molecule has 0 spiro atoms. The standard InChI is InChI=1S/C17H20ClN3O4/c1-3-9-21-16(12(10-19-21)17(23)24-4-2)20-15(22)11-25-14-8-6-5-7-13(14)18/h5-8,10H,3-4,9,11H2,1-2H3,(H,20,22). The molecule has 0 radical (unpaired) electrons. The predicted octanol–water partition coefficient (Wildman–Crippen LogP) is 3.14. The van der Waals surface area contributed by atoms with E-state index in [-0.39, 0.29) is 18.8 Å². The number of anilines is 1. The Kier molecular flexibility index (Phi) is 6.82. The predicted molar refractivity (Wildman–Crippen MR) is 94.1 cm³/mol. The van der Waals surface area contributed by atoms with Crippen molar-refractivity contribution < 1.29 is 19.1 Å². The largest absolute Gasteiger partial charge is 0.482 e. The summed E-state index contributed by atoms with van der Waals surface area (Å²) in [5.74, 6) is -0.254. The van der Waals surface area contributed by atoms with E-state index in [0.29, 0.717) is 23.1 Å². The van der Waals surface area contributed by atoms with Crippen molar-refractivity contribution in [2.75, 3.05) is 18.5 Å². The Morgan fingerprint density at radius 3 is 2.72 bits per heavy atom. The van der Waals surface area contributed by atoms with Crippen LogP contribution in [0, 0.1) is 0 Å². The first-order chi connectivity index (χ1) is 12.1. The van der Waals surface area contributed by atoms with Gasteiger partial charge in [-0.25, -0.2) is 9.48 Å². The van der Waals surface area contributed by atoms with Gasteiger partial charge in [-0.2, -0.15) is 5.10 Å². The van der Waals surface area contributed by atoms with E-state index >= 15 is 0 Å². The van der Waals surface area contributed by atoms with Gasteiger partial charge in [0.25, 0.3) is 5.91 Å². The van der Waals surface area contributed by atoms with Crippen LogP contribution >= 0.6 is 11.6 Å². The molecule has 134 valence electrons. The van der Waals surface area contributed by atoms with Crippen molar-refractivity contribution in [2.24, 2.45) is 0 Å². The average molecular weight is 366 g/mol. The summed E-state index contributed by atoms with van der Waals surface area (Å²) in [4.78, 5) is 24.2. The van der Waals surface area contributed by atoms with Crippen molar-refractivity contribution in [3.63, 3.8) is 0 Å². The number of ether oxygens (including phenoxy) is 2. The molecule has 0 fully saturated rings. The summed E-state index contributed by atoms with van der Waals surface area (Å²) in [5.41, 5.74) is 0.210. The molecule has 7 nitrogen and oxygen atoms in total. The molecule has 1 aromatic carbocycles. The highest BCUT2D eigenvalue weighted by Crippen LogP contribution is 2.23. The lowest BCUT2D eigenvalue weighted by Gasteiger charge is -2.11. The van der Waals surface area contributed by atoms with Crippen LogP contribution in [0.1, 0.15) is 30.6 Å². The van der Waals surface area contributed by atoms with E-state index in [9.17, 15) is 9.59 Å². The lowest BCUT2D eigenvalue weighted by atomic mass is 10.3. The van der Waals surface area contributed by atoms with Gasteiger partial charge in [0, 0.05) is 6.54 Å². The summed E-state index contributed by atoms with van der Waals surface area (Å²) < 4.78 is 12.0. The van der Waals surface area contributed by atoms with Gasteiger partial charge in [0.1, 0.15) is 17.1 Å². The van der Waals surface area contributed by atoms with E-state index in [0.717, 1.165) is 6.42 Å². The third-order valence-electron chi connectivity index (χ3n) is 3.22. The van der Waals surface area contributed by atoms with Gasteiger partial charge in [0.05, 0.1) is 17.8 Å². The monoisotopic (exact) mass is 365 g/mol. The number of rotatable bonds is 8. The average Bonchev–Trinajstić information content (AvgIpc) is 2.97. The van der Waals surface area contributed by atoms with Crippen LogP contribution in [0.5, 0.6) is 5.75 Å². The van der Waals surface area contributed by atoms with Gasteiger partial charge < -0.3 is 14.8 Å². The minimum absolute atomic E-state index is 0.210. The molecule has 1 N–H and O–H groups in total. The molecule has 0 atom stereocenters. The van der Waals surface area contributed by atoms with Crippen LogP contribution in [0.2, 0.25) is 5.02 Å². The summed E-state index contributed by atoms with van der Waals surface area (Å²) >= 11 is 5.99. The van der Waals surface area contributed by atoms with Crippen LogP contribution in [0.3, 0.4) is 0 Å². The lowest BCUT2D eigenvalue weighted by molar-refractivity contribution is -0.118. The van der Waals surface area contributed by atoms with Gasteiger partial charge in [-0.3, -0.25) is 4.79 Å². The Morgan fingerprint density at radius 2 is 2.04 bits per heavy atom. The number of nitrogens with one attached hydrogen (secondary N) is 1. The smallest absolute Gasteiger partial charge is 0.343 e. The quantitative estimate of drug-likeness (QED) is 0.726. The van der Waals surface area contributed by atoms with Crippen molar-refractivity contribution in [3.8, 4) is 5.75 Å². The Labute approximate surface area is 150 Å². The number of halogens is 1. The summed E-state index contributed by atoms with van der Waals surface area (Å²) in [6.45, 7) is 4.23. The molecule has 1 heterocycles. The zero-order valence-electron chi connectivity index (χ0n) is 14.1. The second-order valence-electron chi connectivity index (χ2n) is 5.12. The molecular weight excluding hydrogens is 346 g/mol. The van der Waals surface area contributed by atoms with Crippen molar-refractivity contribution in [1.82, 2.24) is 9.78 Å². The maximum Gasteiger partial charge on any atom is 0.343 e. The van der Waals surface area contributed by atoms with E-state index in [1.54, 1.807) is 35.9 Å². The maximum atomic E-state index is 12.2. The van der Waals surface area contributed by atoms with Crippen LogP contribution in [-0.2, 0) is 16.1 Å². The van der Waals surface area contributed by atoms with Gasteiger partial charge in [-0.15, -0.1) is 0 Å². The van der Waals surface area contributed by atoms with Gasteiger partial charge in [0.2, 0.25) is 0 Å². The molecule has 2 rings (SSSR count). The fraction of sp³-hybridized carbons (Fsp3) is 0.353. The summed E-state index contributed by atoms with van der Waals surface area (Å²) in [5, 5.41) is 7.21. The molecule has 25 heavy (non-hydrogen) atoms. The molecule has 2 aromatic rings. The minimum atomic E-state index is -0.535. The Balaban J connectivity index is 2.09. The van der Waals surface area contributed by atoms with Crippen LogP contribution < -0.4 is 10.1 Å². The Morgan fingerprint density at radius 1 is 1.28 bits per heavy atom. The first-order valence-corrected chi connectivity index (χ1v) is 8.34. The normalized spacial score (nSPS) is 10.4. The first kappa shape index (κ1) is 18.8. The molecular formula is C17H20ClN3O4. The minimum Gasteiger partial charge on any atom is -0.482 e. The molecule has 0 unspecified atom stereocenters. The van der Waals surface area contributed by atoms with Crippen LogP contribution in [0.15, 0.2) is 30.5 Å². The number of hydrogen-bond donors (Lipinski definition) is 1. The number of aryl methyl sites for hydroxylation is 1. The SMILES string of the molecule is CCCn1ncc(C(=O)OCC)c1NC(=O)COc1ccccc1Cl. The second kappa shape index (κ2) is 9.08. The highest BCUT2D eigenvalue weighted by Gasteiger charge is 2.20. The number of carbonyl (C=O) groups is 2. The molecule has 0 aliphatic rings. The number of nitrogens with zero attached hydrogens (tertiary/aromatic N) is 2. The van der Waals surface area contributed by atoms with E-state index in [2.05, 4.69) is 10.4 Å². The van der Waals surface area contributed by atoms with Crippen molar-refractivity contribution in [1.29, 1.82) is 0 Å². The van der Waals surface area contributed by atoms with E-state index < -0.39 is 11.9 Å². The zero-order valence-corrected chi connectivity index (χ0v) is 14.9. The fourth-order valence-electron chi connectivity index (χ4n) is 2.13. The molecule has 8 heteroatoms. The molecule has 0 aliphatic carbocycles. The Bertz CT molecular complexity index is 745. The number of esters is 1. The highest BCUT2D eigenvalue weighted by atomic mass is 35.5. The molecule has 0 saturated heterocycles. The van der Waals surface area contributed by atoms with Crippen molar-refractivity contribution >= 4 is 29.3 Å². The third kappa shape index (κ3) is 4.96. The number of benzene rings is 1. The number of amides is 1. The molecule has 1 aromatic heterocycles. The van der Waals surface area contributed by atoms with Gasteiger partial charge >= 0.3 is 5.97 Å². The third-order valence-corrected chi connectivity index (χ3v) is 3.54. The molecule has 0 saturated carbocycles. The fourth-order valence-corrected chi connectivity index (χ4v) is 2.32. The van der Waals surface area contributed by atoms with Crippen LogP contribution in [0.4, 0.5) is 5.82 Å². The number of hydrogen-bond acceptors (Lipinski definition) is 5. The van der Waals surface area contributed by atoms with Gasteiger partial charge in [-0.1, -0.05) is 30.7 Å². The van der Waals surface area contributed by atoms with Gasteiger partial charge in [-0.05, 0) is 25.5 Å². The Hall–Kier alpha value is -2.54. The van der Waals surface area contributed by atoms with Crippen molar-refractivity contribution in [3.05, 3.63) is 41.0 Å². The number of aromatic nitrogens is 2. The maximum absolute atomic E-state index is 12.2. The van der Waals surface area contributed by atoms with E-state index in [1.165, 1.54) is 6.20 Å². The van der Waals surface area contributed by atoms with Crippen LogP contribution in [0.25, 0.3) is 0 Å². The van der Waals surface area contributed by atoms with Crippen molar-refractivity contribution in [2.45, 2.75) is 26.8 Å². The second-order valence-corrected chi connectivity index (χ2v) is 5.52. The molecule has 1 amide bonds. The van der Waals surface area contributed by atoms with E-state index in [4.69, 9.17) is 21.1 Å². The zero-order chi connectivity index (χ0) is 18.2. The summed E-state index contributed by atoms with van der Waals surface area (Å²) in [7, 11) is 0. The molecule has 0 bridgehead atoms. The summed E-state index contributed by atoms with van der Waals surface area (Å²) in [6.07, 6.45) is 2.18.